The molecule has 0 heterocycles. The molecule has 2 nitrogen and oxygen atoms in total. The van der Waals surface area contributed by atoms with Gasteiger partial charge in [0, 0.05) is 11.1 Å². The van der Waals surface area contributed by atoms with Gasteiger partial charge in [0.25, 0.3) is 0 Å². The summed E-state index contributed by atoms with van der Waals surface area (Å²) in [5, 5.41) is 0. The van der Waals surface area contributed by atoms with Crippen LogP contribution in [0.25, 0.3) is 0 Å². The number of hydrogen-bond donors (Lipinski definition) is 1. The average molecular weight is 282 g/mol. The topological polar surface area (TPSA) is 29.3 Å². The van der Waals surface area contributed by atoms with E-state index in [1.165, 1.54) is 6.07 Å². The Balaban J connectivity index is 2.37. The summed E-state index contributed by atoms with van der Waals surface area (Å²) in [6.07, 6.45) is 3.97. The average Bonchev–Trinajstić information content (AvgIpc) is 2.42. The largest absolute Gasteiger partial charge is 0.322 e. The Kier molecular flexibility index (Phi) is 4.45. The summed E-state index contributed by atoms with van der Waals surface area (Å²) in [6, 6.07) is 3.76. The molecule has 1 fully saturated rings. The van der Waals surface area contributed by atoms with Crippen LogP contribution in [0.15, 0.2) is 18.2 Å². The lowest BCUT2D eigenvalue weighted by atomic mass is 9.70. The Morgan fingerprint density at radius 2 is 1.85 bits per heavy atom. The van der Waals surface area contributed by atoms with E-state index in [4.69, 9.17) is 5.73 Å². The number of halogens is 2. The van der Waals surface area contributed by atoms with Crippen LogP contribution in [-0.4, -0.2) is 24.5 Å². The normalized spacial score (nSPS) is 28.6. The summed E-state index contributed by atoms with van der Waals surface area (Å²) in [7, 11) is 3.96. The van der Waals surface area contributed by atoms with Crippen molar-refractivity contribution in [3.05, 3.63) is 35.4 Å². The smallest absolute Gasteiger partial charge is 0.163 e. The second kappa shape index (κ2) is 5.78. The molecule has 2 N–H and O–H groups in total. The van der Waals surface area contributed by atoms with Crippen LogP contribution in [0, 0.1) is 17.6 Å². The van der Waals surface area contributed by atoms with E-state index in [0.717, 1.165) is 31.7 Å². The van der Waals surface area contributed by atoms with Crippen molar-refractivity contribution >= 4 is 0 Å². The molecule has 20 heavy (non-hydrogen) atoms. The van der Waals surface area contributed by atoms with E-state index in [1.54, 1.807) is 6.07 Å². The Hall–Kier alpha value is -1.00. The number of nitrogens with two attached hydrogens (primary N) is 1. The quantitative estimate of drug-likeness (QED) is 0.919. The summed E-state index contributed by atoms with van der Waals surface area (Å²) in [5.41, 5.74) is 6.37. The van der Waals surface area contributed by atoms with Crippen molar-refractivity contribution in [1.82, 2.24) is 4.90 Å². The van der Waals surface area contributed by atoms with E-state index in [2.05, 4.69) is 11.8 Å². The minimum atomic E-state index is -0.823. The van der Waals surface area contributed by atoms with E-state index in [0.29, 0.717) is 5.92 Å². The number of likely N-dealkylation sites (N-methyl/N-ethyl adjacent to an activating group) is 1. The van der Waals surface area contributed by atoms with Crippen molar-refractivity contribution in [3.8, 4) is 0 Å². The monoisotopic (exact) mass is 282 g/mol. The van der Waals surface area contributed by atoms with Crippen molar-refractivity contribution in [1.29, 1.82) is 0 Å². The predicted molar refractivity (Wildman–Crippen MR) is 77.3 cm³/mol. The standard InChI is InChI=1S/C16H24F2N2/c1-11-7-9-16(10-8-11,20(2)3)15(19)12-5-4-6-13(17)14(12)18/h4-6,11,15H,7-10,19H2,1-3H3. The van der Waals surface area contributed by atoms with E-state index in [-0.39, 0.29) is 11.1 Å². The Morgan fingerprint density at radius 3 is 2.40 bits per heavy atom. The first-order valence-corrected chi connectivity index (χ1v) is 7.25. The van der Waals surface area contributed by atoms with Crippen LogP contribution in [0.2, 0.25) is 0 Å². The van der Waals surface area contributed by atoms with Crippen LogP contribution in [0.3, 0.4) is 0 Å². The summed E-state index contributed by atoms with van der Waals surface area (Å²) < 4.78 is 27.5. The van der Waals surface area contributed by atoms with Crippen molar-refractivity contribution in [3.63, 3.8) is 0 Å². The fourth-order valence-electron chi connectivity index (χ4n) is 3.35. The first-order chi connectivity index (χ1) is 9.38. The number of benzene rings is 1. The van der Waals surface area contributed by atoms with Gasteiger partial charge in [-0.25, -0.2) is 8.78 Å². The first kappa shape index (κ1) is 15.4. The molecule has 0 spiro atoms. The van der Waals surface area contributed by atoms with E-state index < -0.39 is 17.7 Å². The van der Waals surface area contributed by atoms with E-state index in [9.17, 15) is 8.78 Å². The molecule has 1 aromatic carbocycles. The zero-order valence-electron chi connectivity index (χ0n) is 12.5. The van der Waals surface area contributed by atoms with Gasteiger partial charge in [-0.15, -0.1) is 0 Å². The molecule has 0 radical (unpaired) electrons. The maximum absolute atomic E-state index is 14.0. The molecule has 1 aliphatic rings. The van der Waals surface area contributed by atoms with Gasteiger partial charge in [-0.3, -0.25) is 0 Å². The molecule has 1 aliphatic carbocycles. The Bertz CT molecular complexity index is 466. The fourth-order valence-corrected chi connectivity index (χ4v) is 3.35. The highest BCUT2D eigenvalue weighted by atomic mass is 19.2. The molecule has 0 aromatic heterocycles. The lowest BCUT2D eigenvalue weighted by Crippen LogP contribution is -2.54. The zero-order valence-corrected chi connectivity index (χ0v) is 12.5. The summed E-state index contributed by atoms with van der Waals surface area (Å²) in [5.74, 6) is -0.955. The third-order valence-corrected chi connectivity index (χ3v) is 4.93. The molecule has 1 aromatic rings. The molecule has 1 unspecified atom stereocenters. The Labute approximate surface area is 120 Å². The SMILES string of the molecule is CC1CCC(C(N)c2cccc(F)c2F)(N(C)C)CC1. The van der Waals surface area contributed by atoms with Gasteiger partial charge >= 0.3 is 0 Å². The van der Waals surface area contributed by atoms with Gasteiger partial charge in [0.2, 0.25) is 0 Å². The molecule has 0 aliphatic heterocycles. The maximum Gasteiger partial charge on any atom is 0.163 e. The van der Waals surface area contributed by atoms with Gasteiger partial charge < -0.3 is 10.6 Å². The Morgan fingerprint density at radius 1 is 1.25 bits per heavy atom. The minimum absolute atomic E-state index is 0.285. The van der Waals surface area contributed by atoms with Gasteiger partial charge in [0.05, 0.1) is 6.04 Å². The number of nitrogens with zero attached hydrogens (tertiary/aromatic N) is 1. The molecular weight excluding hydrogens is 258 g/mol. The second-order valence-corrected chi connectivity index (χ2v) is 6.30. The van der Waals surface area contributed by atoms with Crippen molar-refractivity contribution in [2.75, 3.05) is 14.1 Å². The van der Waals surface area contributed by atoms with Gasteiger partial charge in [0.1, 0.15) is 0 Å². The van der Waals surface area contributed by atoms with Crippen LogP contribution in [-0.2, 0) is 0 Å². The summed E-state index contributed by atoms with van der Waals surface area (Å²) in [4.78, 5) is 2.09. The second-order valence-electron chi connectivity index (χ2n) is 6.30. The molecule has 0 saturated heterocycles. The lowest BCUT2D eigenvalue weighted by molar-refractivity contribution is 0.0551. The molecule has 112 valence electrons. The van der Waals surface area contributed by atoms with Crippen LogP contribution >= 0.6 is 0 Å². The maximum atomic E-state index is 14.0. The molecule has 0 amide bonds. The summed E-state index contributed by atoms with van der Waals surface area (Å²) >= 11 is 0. The van der Waals surface area contributed by atoms with Crippen molar-refractivity contribution in [2.45, 2.75) is 44.2 Å². The third-order valence-electron chi connectivity index (χ3n) is 4.93. The van der Waals surface area contributed by atoms with Gasteiger partial charge in [-0.05, 0) is 51.8 Å². The molecule has 4 heteroatoms. The first-order valence-electron chi connectivity index (χ1n) is 7.25. The molecule has 0 bridgehead atoms. The van der Waals surface area contributed by atoms with E-state index >= 15 is 0 Å². The molecule has 1 atom stereocenters. The van der Waals surface area contributed by atoms with Crippen molar-refractivity contribution in [2.24, 2.45) is 11.7 Å². The highest BCUT2D eigenvalue weighted by Gasteiger charge is 2.43. The van der Waals surface area contributed by atoms with Gasteiger partial charge in [-0.2, -0.15) is 0 Å². The van der Waals surface area contributed by atoms with Crippen LogP contribution < -0.4 is 5.73 Å². The van der Waals surface area contributed by atoms with Crippen molar-refractivity contribution < 1.29 is 8.78 Å². The lowest BCUT2D eigenvalue weighted by Gasteiger charge is -2.48. The molecule has 1 saturated carbocycles. The van der Waals surface area contributed by atoms with Crippen LogP contribution in [0.4, 0.5) is 8.78 Å². The summed E-state index contributed by atoms with van der Waals surface area (Å²) in [6.45, 7) is 2.23. The third kappa shape index (κ3) is 2.59. The highest BCUT2D eigenvalue weighted by Crippen LogP contribution is 2.43. The highest BCUT2D eigenvalue weighted by molar-refractivity contribution is 5.26. The zero-order chi connectivity index (χ0) is 14.9. The van der Waals surface area contributed by atoms with Crippen LogP contribution in [0.1, 0.15) is 44.2 Å². The van der Waals surface area contributed by atoms with Gasteiger partial charge in [0.15, 0.2) is 11.6 Å². The van der Waals surface area contributed by atoms with Crippen LogP contribution in [0.5, 0.6) is 0 Å². The van der Waals surface area contributed by atoms with E-state index in [1.807, 2.05) is 14.1 Å². The van der Waals surface area contributed by atoms with Gasteiger partial charge in [-0.1, -0.05) is 19.1 Å². The molecular formula is C16H24F2N2. The minimum Gasteiger partial charge on any atom is -0.322 e. The number of rotatable bonds is 3. The molecule has 2 rings (SSSR count). The predicted octanol–water partition coefficient (Wildman–Crippen LogP) is 3.48. The fraction of sp³-hybridized carbons (Fsp3) is 0.625. The number of hydrogen-bond acceptors (Lipinski definition) is 2.